The quantitative estimate of drug-likeness (QED) is 0.764. The van der Waals surface area contributed by atoms with Crippen LogP contribution in [-0.4, -0.2) is 10.2 Å². The monoisotopic (exact) mass is 214 g/mol. The van der Waals surface area contributed by atoms with E-state index in [2.05, 4.69) is 0 Å². The van der Waals surface area contributed by atoms with E-state index < -0.39 is 0 Å². The maximum atomic E-state index is 9.79. The van der Waals surface area contributed by atoms with E-state index in [1.54, 1.807) is 24.3 Å². The zero-order chi connectivity index (χ0) is 11.7. The minimum Gasteiger partial charge on any atom is -0.508 e. The largest absolute Gasteiger partial charge is 0.508 e. The number of aromatic hydroxyl groups is 2. The second kappa shape index (κ2) is 3.89. The van der Waals surface area contributed by atoms with Crippen LogP contribution in [0.4, 0.5) is 0 Å². The van der Waals surface area contributed by atoms with Crippen LogP contribution in [0, 0.1) is 13.8 Å². The smallest absolute Gasteiger partial charge is 0.123 e. The van der Waals surface area contributed by atoms with Crippen LogP contribution in [0.25, 0.3) is 11.1 Å². The lowest BCUT2D eigenvalue weighted by Crippen LogP contribution is -1.88. The molecule has 2 heteroatoms. The number of rotatable bonds is 1. The Balaban J connectivity index is 2.69. The summed E-state index contributed by atoms with van der Waals surface area (Å²) < 4.78 is 0. The average Bonchev–Trinajstić information content (AvgIpc) is 2.24. The second-order valence-corrected chi connectivity index (χ2v) is 3.95. The highest BCUT2D eigenvalue weighted by Crippen LogP contribution is 2.34. The van der Waals surface area contributed by atoms with E-state index in [9.17, 15) is 10.2 Å². The van der Waals surface area contributed by atoms with Crippen molar-refractivity contribution in [3.8, 4) is 22.6 Å². The van der Waals surface area contributed by atoms with Gasteiger partial charge in [-0.1, -0.05) is 18.2 Å². The molecule has 0 amide bonds. The van der Waals surface area contributed by atoms with Gasteiger partial charge in [0, 0.05) is 5.56 Å². The molecule has 0 aliphatic rings. The molecule has 0 unspecified atom stereocenters. The molecule has 2 nitrogen and oxygen atoms in total. The van der Waals surface area contributed by atoms with Gasteiger partial charge in [0.05, 0.1) is 0 Å². The van der Waals surface area contributed by atoms with Crippen LogP contribution in [0.5, 0.6) is 11.5 Å². The summed E-state index contributed by atoms with van der Waals surface area (Å²) in [4.78, 5) is 0. The third kappa shape index (κ3) is 1.74. The van der Waals surface area contributed by atoms with Crippen molar-refractivity contribution in [1.82, 2.24) is 0 Å². The van der Waals surface area contributed by atoms with Gasteiger partial charge in [0.2, 0.25) is 0 Å². The van der Waals surface area contributed by atoms with E-state index in [0.717, 1.165) is 22.3 Å². The van der Waals surface area contributed by atoms with E-state index in [0.29, 0.717) is 0 Å². The molecule has 0 saturated heterocycles. The number of phenols is 2. The molecule has 0 aliphatic carbocycles. The summed E-state index contributed by atoms with van der Waals surface area (Å²) in [6.45, 7) is 3.93. The lowest BCUT2D eigenvalue weighted by Gasteiger charge is -2.11. The van der Waals surface area contributed by atoms with E-state index in [-0.39, 0.29) is 11.5 Å². The Bertz CT molecular complexity index is 530. The standard InChI is InChI=1S/C14H14O2/c1-9-7-11(15)8-13(10(9)2)12-5-3-4-6-14(12)16/h3-8,15-16H,1-2H3. The number of phenolic OH excluding ortho intramolecular Hbond substituents is 2. The maximum Gasteiger partial charge on any atom is 0.123 e. The van der Waals surface area contributed by atoms with Gasteiger partial charge in [0.15, 0.2) is 0 Å². The summed E-state index contributed by atoms with van der Waals surface area (Å²) >= 11 is 0. The first-order valence-corrected chi connectivity index (χ1v) is 5.18. The lowest BCUT2D eigenvalue weighted by molar-refractivity contribution is 0.473. The minimum atomic E-state index is 0.223. The van der Waals surface area contributed by atoms with E-state index in [1.165, 1.54) is 0 Å². The van der Waals surface area contributed by atoms with E-state index >= 15 is 0 Å². The first kappa shape index (κ1) is 10.6. The van der Waals surface area contributed by atoms with E-state index in [4.69, 9.17) is 0 Å². The number of benzene rings is 2. The first-order chi connectivity index (χ1) is 7.59. The number of aryl methyl sites for hydroxylation is 1. The van der Waals surface area contributed by atoms with Gasteiger partial charge in [-0.25, -0.2) is 0 Å². The Kier molecular flexibility index (Phi) is 2.57. The van der Waals surface area contributed by atoms with Crippen molar-refractivity contribution in [3.05, 3.63) is 47.5 Å². The van der Waals surface area contributed by atoms with Gasteiger partial charge in [-0.3, -0.25) is 0 Å². The molecule has 0 saturated carbocycles. The van der Waals surface area contributed by atoms with Crippen molar-refractivity contribution in [2.24, 2.45) is 0 Å². The predicted octanol–water partition coefficient (Wildman–Crippen LogP) is 3.38. The molecule has 0 spiro atoms. The maximum absolute atomic E-state index is 9.79. The number of para-hydroxylation sites is 1. The molecular formula is C14H14O2. The summed E-state index contributed by atoms with van der Waals surface area (Å²) in [5, 5.41) is 19.4. The third-order valence-corrected chi connectivity index (χ3v) is 2.85. The lowest BCUT2D eigenvalue weighted by atomic mass is 9.96. The average molecular weight is 214 g/mol. The molecule has 0 radical (unpaired) electrons. The molecule has 2 aromatic rings. The second-order valence-electron chi connectivity index (χ2n) is 3.95. The van der Waals surface area contributed by atoms with Gasteiger partial charge >= 0.3 is 0 Å². The summed E-state index contributed by atoms with van der Waals surface area (Å²) in [5.41, 5.74) is 3.70. The summed E-state index contributed by atoms with van der Waals surface area (Å²) in [6, 6.07) is 10.5. The Morgan fingerprint density at radius 3 is 2.25 bits per heavy atom. The number of hydrogen-bond acceptors (Lipinski definition) is 2. The predicted molar refractivity (Wildman–Crippen MR) is 64.7 cm³/mol. The Labute approximate surface area is 94.8 Å². The molecule has 16 heavy (non-hydrogen) atoms. The van der Waals surface area contributed by atoms with E-state index in [1.807, 2.05) is 26.0 Å². The molecular weight excluding hydrogens is 200 g/mol. The van der Waals surface area contributed by atoms with Crippen molar-refractivity contribution < 1.29 is 10.2 Å². The molecule has 0 atom stereocenters. The van der Waals surface area contributed by atoms with Crippen LogP contribution in [0.1, 0.15) is 11.1 Å². The van der Waals surface area contributed by atoms with Gasteiger partial charge in [0.25, 0.3) is 0 Å². The van der Waals surface area contributed by atoms with Gasteiger partial charge in [0.1, 0.15) is 11.5 Å². The van der Waals surface area contributed by atoms with Gasteiger partial charge in [-0.05, 0) is 48.7 Å². The van der Waals surface area contributed by atoms with Crippen LogP contribution >= 0.6 is 0 Å². The van der Waals surface area contributed by atoms with Crippen LogP contribution < -0.4 is 0 Å². The molecule has 2 rings (SSSR count). The number of hydrogen-bond donors (Lipinski definition) is 2. The SMILES string of the molecule is Cc1cc(O)cc(-c2ccccc2O)c1C. The summed E-state index contributed by atoms with van der Waals surface area (Å²) in [6.07, 6.45) is 0. The van der Waals surface area contributed by atoms with Gasteiger partial charge in [-0.15, -0.1) is 0 Å². The molecule has 2 N–H and O–H groups in total. The normalized spacial score (nSPS) is 10.4. The van der Waals surface area contributed by atoms with Crippen LogP contribution in [0.3, 0.4) is 0 Å². The molecule has 0 aromatic heterocycles. The highest BCUT2D eigenvalue weighted by Gasteiger charge is 2.09. The zero-order valence-corrected chi connectivity index (χ0v) is 9.36. The molecule has 0 aliphatic heterocycles. The van der Waals surface area contributed by atoms with Crippen LogP contribution in [0.2, 0.25) is 0 Å². The molecule has 0 fully saturated rings. The van der Waals surface area contributed by atoms with Gasteiger partial charge < -0.3 is 10.2 Å². The minimum absolute atomic E-state index is 0.223. The summed E-state index contributed by atoms with van der Waals surface area (Å²) in [5.74, 6) is 0.456. The van der Waals surface area contributed by atoms with Crippen molar-refractivity contribution >= 4 is 0 Å². The Morgan fingerprint density at radius 2 is 1.56 bits per heavy atom. The fourth-order valence-corrected chi connectivity index (χ4v) is 1.82. The van der Waals surface area contributed by atoms with Crippen LogP contribution in [-0.2, 0) is 0 Å². The van der Waals surface area contributed by atoms with Crippen molar-refractivity contribution in [3.63, 3.8) is 0 Å². The zero-order valence-electron chi connectivity index (χ0n) is 9.36. The highest BCUT2D eigenvalue weighted by atomic mass is 16.3. The fourth-order valence-electron chi connectivity index (χ4n) is 1.82. The highest BCUT2D eigenvalue weighted by molar-refractivity contribution is 5.75. The van der Waals surface area contributed by atoms with Gasteiger partial charge in [-0.2, -0.15) is 0 Å². The van der Waals surface area contributed by atoms with Crippen LogP contribution in [0.15, 0.2) is 36.4 Å². The topological polar surface area (TPSA) is 40.5 Å². The fraction of sp³-hybridized carbons (Fsp3) is 0.143. The molecule has 82 valence electrons. The Morgan fingerprint density at radius 1 is 0.875 bits per heavy atom. The third-order valence-electron chi connectivity index (χ3n) is 2.85. The van der Waals surface area contributed by atoms with Crippen molar-refractivity contribution in [1.29, 1.82) is 0 Å². The van der Waals surface area contributed by atoms with Crippen molar-refractivity contribution in [2.75, 3.05) is 0 Å². The van der Waals surface area contributed by atoms with Crippen molar-refractivity contribution in [2.45, 2.75) is 13.8 Å². The first-order valence-electron chi connectivity index (χ1n) is 5.18. The molecule has 0 bridgehead atoms. The molecule has 2 aromatic carbocycles. The summed E-state index contributed by atoms with van der Waals surface area (Å²) in [7, 11) is 0. The molecule has 0 heterocycles. The Hall–Kier alpha value is -1.96.